The highest BCUT2D eigenvalue weighted by molar-refractivity contribution is 6.20. The number of aromatic amines is 1. The molecule has 2 unspecified atom stereocenters. The van der Waals surface area contributed by atoms with Crippen molar-refractivity contribution in [3.63, 3.8) is 0 Å². The Hall–Kier alpha value is -4.48. The van der Waals surface area contributed by atoms with Gasteiger partial charge in [0, 0.05) is 28.0 Å². The Morgan fingerprint density at radius 2 is 1.50 bits per heavy atom. The number of nitrogens with zero attached hydrogens (tertiary/aromatic N) is 2. The molecule has 3 aromatic rings. The van der Waals surface area contributed by atoms with Gasteiger partial charge in [-0.1, -0.05) is 63.2 Å². The van der Waals surface area contributed by atoms with E-state index in [2.05, 4.69) is 15.5 Å². The molecule has 1 saturated heterocycles. The Kier molecular flexibility index (Phi) is 6.99. The molecule has 2 aliphatic rings. The predicted octanol–water partition coefficient (Wildman–Crippen LogP) is 5.22. The van der Waals surface area contributed by atoms with Gasteiger partial charge in [0.2, 0.25) is 17.7 Å². The summed E-state index contributed by atoms with van der Waals surface area (Å²) in [6, 6.07) is 18.4. The third-order valence-electron chi connectivity index (χ3n) is 8.06. The highest BCUT2D eigenvalue weighted by Crippen LogP contribution is 2.59. The van der Waals surface area contributed by atoms with Gasteiger partial charge < -0.3 is 10.6 Å². The highest BCUT2D eigenvalue weighted by Gasteiger charge is 2.64. The van der Waals surface area contributed by atoms with Crippen molar-refractivity contribution in [2.45, 2.75) is 52.6 Å². The maximum atomic E-state index is 13.7. The molecule has 4 amide bonds. The molecule has 2 atom stereocenters. The SMILES string of the molecule is CC1(C(=O)Nc2cccc(Cc3ccccc3)c2)CC2(C)CC(C)(C1)C(=O)N(c1cc(NC(=O)C(F)(F)F)[nH]n1)C2=O. The number of H-pyrrole nitrogens is 1. The van der Waals surface area contributed by atoms with Gasteiger partial charge in [0.1, 0.15) is 5.82 Å². The molecule has 1 aliphatic heterocycles. The number of piperidine rings is 1. The highest BCUT2D eigenvalue weighted by atomic mass is 19.4. The van der Waals surface area contributed by atoms with Crippen molar-refractivity contribution in [3.05, 3.63) is 71.8 Å². The van der Waals surface area contributed by atoms with Crippen LogP contribution in [0.4, 0.5) is 30.5 Å². The number of amides is 4. The fourth-order valence-corrected chi connectivity index (χ4v) is 6.63. The molecule has 12 heteroatoms. The lowest BCUT2D eigenvalue weighted by Gasteiger charge is -2.55. The summed E-state index contributed by atoms with van der Waals surface area (Å²) in [6.07, 6.45) is -3.98. The third-order valence-corrected chi connectivity index (χ3v) is 8.06. The Balaban J connectivity index is 1.35. The lowest BCUT2D eigenvalue weighted by molar-refractivity contribution is -0.167. The van der Waals surface area contributed by atoms with Gasteiger partial charge in [-0.25, -0.2) is 4.90 Å². The van der Waals surface area contributed by atoms with Crippen LogP contribution in [0.3, 0.4) is 0 Å². The molecule has 220 valence electrons. The Bertz CT molecular complexity index is 1540. The number of nitrogens with one attached hydrogen (secondary N) is 3. The fourth-order valence-electron chi connectivity index (χ4n) is 6.63. The second-order valence-corrected chi connectivity index (χ2v) is 12.1. The van der Waals surface area contributed by atoms with Gasteiger partial charge in [-0.2, -0.15) is 18.3 Å². The van der Waals surface area contributed by atoms with Crippen molar-refractivity contribution in [1.82, 2.24) is 10.2 Å². The lowest BCUT2D eigenvalue weighted by Crippen LogP contribution is -2.65. The molecule has 0 radical (unpaired) electrons. The van der Waals surface area contributed by atoms with E-state index < -0.39 is 46.0 Å². The van der Waals surface area contributed by atoms with Gasteiger partial charge in [-0.15, -0.1) is 0 Å². The maximum absolute atomic E-state index is 13.7. The molecule has 9 nitrogen and oxygen atoms in total. The number of imide groups is 1. The molecule has 2 heterocycles. The molecule has 2 fully saturated rings. The van der Waals surface area contributed by atoms with E-state index in [0.717, 1.165) is 22.1 Å². The minimum Gasteiger partial charge on any atom is -0.326 e. The quantitative estimate of drug-likeness (QED) is 0.345. The van der Waals surface area contributed by atoms with Crippen LogP contribution in [-0.2, 0) is 25.6 Å². The van der Waals surface area contributed by atoms with Crippen LogP contribution in [0.15, 0.2) is 60.7 Å². The largest absolute Gasteiger partial charge is 0.471 e. The molecule has 1 aliphatic carbocycles. The zero-order valence-electron chi connectivity index (χ0n) is 23.3. The zero-order valence-corrected chi connectivity index (χ0v) is 23.3. The first-order valence-electron chi connectivity index (χ1n) is 13.4. The van der Waals surface area contributed by atoms with Crippen molar-refractivity contribution >= 4 is 41.0 Å². The first kappa shape index (κ1) is 29.0. The third kappa shape index (κ3) is 5.40. The number of rotatable bonds is 6. The molecule has 5 rings (SSSR count). The number of carbonyl (C=O) groups excluding carboxylic acids is 4. The van der Waals surface area contributed by atoms with Crippen LogP contribution >= 0.6 is 0 Å². The molecule has 1 aromatic heterocycles. The van der Waals surface area contributed by atoms with E-state index in [0.29, 0.717) is 12.1 Å². The molecule has 3 N–H and O–H groups in total. The number of halogens is 3. The van der Waals surface area contributed by atoms with Crippen LogP contribution in [0.25, 0.3) is 0 Å². The summed E-state index contributed by atoms with van der Waals surface area (Å²) in [4.78, 5) is 53.4. The monoisotopic (exact) mass is 581 g/mol. The van der Waals surface area contributed by atoms with E-state index in [1.165, 1.54) is 0 Å². The van der Waals surface area contributed by atoms with E-state index in [1.54, 1.807) is 32.2 Å². The predicted molar refractivity (Wildman–Crippen MR) is 148 cm³/mol. The second kappa shape index (κ2) is 10.1. The van der Waals surface area contributed by atoms with Gasteiger partial charge in [-0.3, -0.25) is 24.3 Å². The van der Waals surface area contributed by atoms with Gasteiger partial charge in [0.15, 0.2) is 5.82 Å². The van der Waals surface area contributed by atoms with E-state index in [-0.39, 0.29) is 31.0 Å². The molecule has 1 saturated carbocycles. The second-order valence-electron chi connectivity index (χ2n) is 12.1. The number of anilines is 3. The van der Waals surface area contributed by atoms with Gasteiger partial charge in [0.25, 0.3) is 0 Å². The van der Waals surface area contributed by atoms with Crippen LogP contribution in [0.5, 0.6) is 0 Å². The molecule has 2 bridgehead atoms. The first-order valence-corrected chi connectivity index (χ1v) is 13.4. The molecule has 0 spiro atoms. The molecular formula is C30H30F3N5O4. The number of carbonyl (C=O) groups is 4. The van der Waals surface area contributed by atoms with Crippen LogP contribution in [0.1, 0.15) is 51.2 Å². The van der Waals surface area contributed by atoms with Gasteiger partial charge in [0.05, 0.1) is 0 Å². The van der Waals surface area contributed by atoms with E-state index >= 15 is 0 Å². The normalized spacial score (nSPS) is 25.7. The fraction of sp³-hybridized carbons (Fsp3) is 0.367. The summed E-state index contributed by atoms with van der Waals surface area (Å²) >= 11 is 0. The van der Waals surface area contributed by atoms with E-state index in [9.17, 15) is 32.3 Å². The van der Waals surface area contributed by atoms with Crippen LogP contribution in [0, 0.1) is 16.2 Å². The molecule has 42 heavy (non-hydrogen) atoms. The number of aromatic nitrogens is 2. The average Bonchev–Trinajstić information content (AvgIpc) is 3.35. The Morgan fingerprint density at radius 3 is 2.12 bits per heavy atom. The van der Waals surface area contributed by atoms with Crippen LogP contribution in [-0.4, -0.2) is 40.0 Å². The average molecular weight is 582 g/mol. The number of hydrogen-bond donors (Lipinski definition) is 3. The summed E-state index contributed by atoms with van der Waals surface area (Å²) in [6.45, 7) is 5.09. The van der Waals surface area contributed by atoms with Crippen LogP contribution < -0.4 is 15.5 Å². The maximum Gasteiger partial charge on any atom is 0.471 e. The summed E-state index contributed by atoms with van der Waals surface area (Å²) in [5, 5.41) is 10.7. The standard InChI is InChI=1S/C30H30F3N5O4/c1-27(23(39)34-20-11-7-10-19(13-20)12-18-8-5-4-6-9-18)15-28(2)17-29(3,16-27)26(42)38(25(28)41)22-14-21(36-37-22)35-24(40)30(31,32)33/h4-11,13-14H,12,15-17H2,1-3H3,(H,34,39)(H2,35,36,37,40). The smallest absolute Gasteiger partial charge is 0.326 e. The summed E-state index contributed by atoms with van der Waals surface area (Å²) in [7, 11) is 0. The van der Waals surface area contributed by atoms with Crippen LogP contribution in [0.2, 0.25) is 0 Å². The van der Waals surface area contributed by atoms with Crippen molar-refractivity contribution in [1.29, 1.82) is 0 Å². The first-order chi connectivity index (χ1) is 19.6. The Labute approximate surface area is 239 Å². The lowest BCUT2D eigenvalue weighted by atomic mass is 9.51. The number of fused-ring (bicyclic) bond motifs is 2. The van der Waals surface area contributed by atoms with E-state index in [1.807, 2.05) is 48.5 Å². The number of alkyl halides is 3. The van der Waals surface area contributed by atoms with Crippen molar-refractivity contribution < 1.29 is 32.3 Å². The van der Waals surface area contributed by atoms with Gasteiger partial charge in [-0.05, 0) is 48.9 Å². The van der Waals surface area contributed by atoms with Crippen molar-refractivity contribution in [3.8, 4) is 0 Å². The van der Waals surface area contributed by atoms with Crippen molar-refractivity contribution in [2.75, 3.05) is 15.5 Å². The minimum absolute atomic E-state index is 0.135. The van der Waals surface area contributed by atoms with Crippen molar-refractivity contribution in [2.24, 2.45) is 16.2 Å². The minimum atomic E-state index is -5.13. The summed E-state index contributed by atoms with van der Waals surface area (Å²) < 4.78 is 38.0. The summed E-state index contributed by atoms with van der Waals surface area (Å²) in [5.74, 6) is -4.43. The number of benzene rings is 2. The zero-order chi connectivity index (χ0) is 30.5. The molecular weight excluding hydrogens is 551 g/mol. The Morgan fingerprint density at radius 1 is 0.881 bits per heavy atom. The van der Waals surface area contributed by atoms with Gasteiger partial charge >= 0.3 is 12.1 Å². The summed E-state index contributed by atoms with van der Waals surface area (Å²) in [5.41, 5.74) is -0.625. The van der Waals surface area contributed by atoms with E-state index in [4.69, 9.17) is 0 Å². The number of hydrogen-bond acceptors (Lipinski definition) is 5. The topological polar surface area (TPSA) is 124 Å². The molecule has 2 aromatic carbocycles.